The van der Waals surface area contributed by atoms with Crippen LogP contribution in [0.2, 0.25) is 0 Å². The Morgan fingerprint density at radius 1 is 0.914 bits per heavy atom. The molecule has 3 amide bonds. The van der Waals surface area contributed by atoms with E-state index >= 15 is 0 Å². The third kappa shape index (κ3) is 6.48. The van der Waals surface area contributed by atoms with Crippen LogP contribution in [0.3, 0.4) is 0 Å². The molecule has 35 heavy (non-hydrogen) atoms. The number of hydrogen-bond acceptors (Lipinski definition) is 6. The van der Waals surface area contributed by atoms with Crippen molar-refractivity contribution < 1.29 is 23.9 Å². The topological polar surface area (TPSA) is 124 Å². The molecule has 0 aliphatic carbocycles. The van der Waals surface area contributed by atoms with E-state index in [1.807, 2.05) is 4.90 Å². The van der Waals surface area contributed by atoms with E-state index in [9.17, 15) is 19.5 Å². The molecule has 0 unspecified atom stereocenters. The SMILES string of the molecule is O=C(CN1CCC(C(=O)Nc2ccccc2O)CC1)Nc1ccccc1C(=O)NCc1ccco1. The molecule has 9 heteroatoms. The Kier molecular flexibility index (Phi) is 7.79. The molecule has 2 aromatic carbocycles. The molecule has 2 heterocycles. The van der Waals surface area contributed by atoms with E-state index in [-0.39, 0.29) is 42.5 Å². The standard InChI is InChI=1S/C26H28N4O5/c31-23-10-4-3-9-22(23)29-25(33)18-11-13-30(14-12-18)17-24(32)28-21-8-2-1-7-20(21)26(34)27-16-19-6-5-15-35-19/h1-10,15,18,31H,11-14,16-17H2,(H,27,34)(H,28,32)(H,29,33). The zero-order chi connectivity index (χ0) is 24.6. The molecule has 1 saturated heterocycles. The third-order valence-corrected chi connectivity index (χ3v) is 5.94. The minimum Gasteiger partial charge on any atom is -0.506 e. The first-order chi connectivity index (χ1) is 17.0. The zero-order valence-corrected chi connectivity index (χ0v) is 19.2. The number of phenols is 1. The van der Waals surface area contributed by atoms with Crippen LogP contribution in [0.1, 0.15) is 29.0 Å². The molecular weight excluding hydrogens is 448 g/mol. The van der Waals surface area contributed by atoms with Gasteiger partial charge in [0.15, 0.2) is 0 Å². The number of piperidine rings is 1. The van der Waals surface area contributed by atoms with Gasteiger partial charge in [-0.15, -0.1) is 0 Å². The summed E-state index contributed by atoms with van der Waals surface area (Å²) in [6.45, 7) is 1.60. The van der Waals surface area contributed by atoms with Crippen molar-refractivity contribution in [3.8, 4) is 5.75 Å². The number of para-hydroxylation sites is 3. The number of amides is 3. The van der Waals surface area contributed by atoms with Crippen LogP contribution in [-0.2, 0) is 16.1 Å². The molecule has 4 rings (SSSR count). The van der Waals surface area contributed by atoms with E-state index in [0.717, 1.165) is 0 Å². The summed E-state index contributed by atoms with van der Waals surface area (Å²) in [5, 5.41) is 18.2. The Labute approximate surface area is 203 Å². The lowest BCUT2D eigenvalue weighted by Gasteiger charge is -2.30. The molecule has 1 aliphatic heterocycles. The van der Waals surface area contributed by atoms with Gasteiger partial charge in [0, 0.05) is 5.92 Å². The second kappa shape index (κ2) is 11.3. The van der Waals surface area contributed by atoms with Crippen molar-refractivity contribution in [1.82, 2.24) is 10.2 Å². The number of furan rings is 1. The monoisotopic (exact) mass is 476 g/mol. The third-order valence-electron chi connectivity index (χ3n) is 5.94. The molecule has 9 nitrogen and oxygen atoms in total. The molecular formula is C26H28N4O5. The van der Waals surface area contributed by atoms with E-state index in [1.165, 1.54) is 6.07 Å². The first-order valence-electron chi connectivity index (χ1n) is 11.5. The number of benzene rings is 2. The highest BCUT2D eigenvalue weighted by atomic mass is 16.3. The van der Waals surface area contributed by atoms with E-state index in [2.05, 4.69) is 16.0 Å². The van der Waals surface area contributed by atoms with E-state index in [4.69, 9.17) is 4.42 Å². The summed E-state index contributed by atoms with van der Waals surface area (Å²) in [4.78, 5) is 39.8. The highest BCUT2D eigenvalue weighted by Crippen LogP contribution is 2.25. The van der Waals surface area contributed by atoms with Gasteiger partial charge in [0.25, 0.3) is 5.91 Å². The Bertz CT molecular complexity index is 1170. The molecule has 0 bridgehead atoms. The Balaban J connectivity index is 1.25. The summed E-state index contributed by atoms with van der Waals surface area (Å²) >= 11 is 0. The van der Waals surface area contributed by atoms with E-state index in [0.29, 0.717) is 48.6 Å². The van der Waals surface area contributed by atoms with Crippen molar-refractivity contribution in [1.29, 1.82) is 0 Å². The average Bonchev–Trinajstić information content (AvgIpc) is 3.38. The van der Waals surface area contributed by atoms with Gasteiger partial charge in [-0.05, 0) is 62.3 Å². The average molecular weight is 477 g/mol. The van der Waals surface area contributed by atoms with Crippen molar-refractivity contribution in [2.75, 3.05) is 30.3 Å². The minimum absolute atomic E-state index is 0.0323. The number of carbonyl (C=O) groups excluding carboxylic acids is 3. The number of nitrogens with one attached hydrogen (secondary N) is 3. The van der Waals surface area contributed by atoms with Gasteiger partial charge in [-0.3, -0.25) is 19.3 Å². The van der Waals surface area contributed by atoms with Gasteiger partial charge in [0.05, 0.1) is 36.3 Å². The Hall–Kier alpha value is -4.11. The summed E-state index contributed by atoms with van der Waals surface area (Å²) in [6, 6.07) is 17.0. The van der Waals surface area contributed by atoms with Gasteiger partial charge in [-0.2, -0.15) is 0 Å². The minimum atomic E-state index is -0.312. The first kappa shape index (κ1) is 24.0. The molecule has 4 N–H and O–H groups in total. The van der Waals surface area contributed by atoms with Gasteiger partial charge in [-0.25, -0.2) is 0 Å². The molecule has 0 radical (unpaired) electrons. The highest BCUT2D eigenvalue weighted by molar-refractivity contribution is 6.04. The van der Waals surface area contributed by atoms with Crippen LogP contribution in [0.25, 0.3) is 0 Å². The van der Waals surface area contributed by atoms with Gasteiger partial charge >= 0.3 is 0 Å². The molecule has 0 spiro atoms. The fourth-order valence-electron chi connectivity index (χ4n) is 4.03. The number of phenolic OH excluding ortho intramolecular Hbond substituents is 1. The number of likely N-dealkylation sites (tertiary alicyclic amines) is 1. The Morgan fingerprint density at radius 2 is 1.63 bits per heavy atom. The number of carbonyl (C=O) groups is 3. The maximum Gasteiger partial charge on any atom is 0.253 e. The largest absolute Gasteiger partial charge is 0.506 e. The maximum atomic E-state index is 12.7. The number of nitrogens with zero attached hydrogens (tertiary/aromatic N) is 1. The number of hydrogen-bond donors (Lipinski definition) is 4. The smallest absolute Gasteiger partial charge is 0.253 e. The van der Waals surface area contributed by atoms with Crippen LogP contribution in [0.15, 0.2) is 71.3 Å². The van der Waals surface area contributed by atoms with Crippen LogP contribution in [0.5, 0.6) is 5.75 Å². The summed E-state index contributed by atoms with van der Waals surface area (Å²) < 4.78 is 5.23. The fourth-order valence-corrected chi connectivity index (χ4v) is 4.03. The molecule has 182 valence electrons. The normalized spacial score (nSPS) is 14.3. The summed E-state index contributed by atoms with van der Waals surface area (Å²) in [7, 11) is 0. The molecule has 1 aromatic heterocycles. The van der Waals surface area contributed by atoms with Gasteiger partial charge in [-0.1, -0.05) is 24.3 Å². The van der Waals surface area contributed by atoms with Crippen LogP contribution in [-0.4, -0.2) is 47.4 Å². The molecule has 1 fully saturated rings. The second-order valence-electron chi connectivity index (χ2n) is 8.41. The molecule has 0 saturated carbocycles. The molecule has 0 atom stereocenters. The lowest BCUT2D eigenvalue weighted by atomic mass is 9.95. The van der Waals surface area contributed by atoms with Gasteiger partial charge in [0.2, 0.25) is 11.8 Å². The van der Waals surface area contributed by atoms with Crippen LogP contribution in [0.4, 0.5) is 11.4 Å². The second-order valence-corrected chi connectivity index (χ2v) is 8.41. The summed E-state index contributed by atoms with van der Waals surface area (Å²) in [5.74, 6) is -0.193. The summed E-state index contributed by atoms with van der Waals surface area (Å²) in [5.41, 5.74) is 1.20. The first-order valence-corrected chi connectivity index (χ1v) is 11.5. The van der Waals surface area contributed by atoms with Crippen molar-refractivity contribution >= 4 is 29.1 Å². The maximum absolute atomic E-state index is 12.7. The lowest BCUT2D eigenvalue weighted by molar-refractivity contribution is -0.121. The van der Waals surface area contributed by atoms with Crippen LogP contribution >= 0.6 is 0 Å². The van der Waals surface area contributed by atoms with Crippen molar-refractivity contribution in [3.05, 3.63) is 78.3 Å². The fraction of sp³-hybridized carbons (Fsp3) is 0.269. The summed E-state index contributed by atoms with van der Waals surface area (Å²) in [6.07, 6.45) is 2.76. The molecule has 3 aromatic rings. The quantitative estimate of drug-likeness (QED) is 0.370. The highest BCUT2D eigenvalue weighted by Gasteiger charge is 2.26. The predicted molar refractivity (Wildman–Crippen MR) is 131 cm³/mol. The van der Waals surface area contributed by atoms with Gasteiger partial charge < -0.3 is 25.5 Å². The predicted octanol–water partition coefficient (Wildman–Crippen LogP) is 3.20. The number of rotatable bonds is 8. The van der Waals surface area contributed by atoms with Crippen LogP contribution in [0, 0.1) is 5.92 Å². The molecule has 1 aliphatic rings. The van der Waals surface area contributed by atoms with Gasteiger partial charge in [0.1, 0.15) is 11.5 Å². The number of aromatic hydroxyl groups is 1. The van der Waals surface area contributed by atoms with E-state index < -0.39 is 0 Å². The zero-order valence-electron chi connectivity index (χ0n) is 19.2. The Morgan fingerprint density at radius 3 is 2.34 bits per heavy atom. The van der Waals surface area contributed by atoms with E-state index in [1.54, 1.807) is 60.9 Å². The van der Waals surface area contributed by atoms with Crippen molar-refractivity contribution in [3.63, 3.8) is 0 Å². The number of anilines is 2. The van der Waals surface area contributed by atoms with Crippen molar-refractivity contribution in [2.45, 2.75) is 19.4 Å². The van der Waals surface area contributed by atoms with Crippen molar-refractivity contribution in [2.24, 2.45) is 5.92 Å². The van der Waals surface area contributed by atoms with Crippen LogP contribution < -0.4 is 16.0 Å². The lowest BCUT2D eigenvalue weighted by Crippen LogP contribution is -2.42.